The van der Waals surface area contributed by atoms with Crippen LogP contribution in [0.3, 0.4) is 0 Å². The van der Waals surface area contributed by atoms with Gasteiger partial charge >= 0.3 is 0 Å². The maximum Gasteiger partial charge on any atom is 0.244 e. The van der Waals surface area contributed by atoms with Gasteiger partial charge in [-0.3, -0.25) is 10.1 Å². The summed E-state index contributed by atoms with van der Waals surface area (Å²) in [6.07, 6.45) is 0. The fraction of sp³-hybridized carbons (Fsp3) is 0.261. The second-order valence-electron chi connectivity index (χ2n) is 6.81. The van der Waals surface area contributed by atoms with Gasteiger partial charge in [-0.05, 0) is 22.6 Å². The molecule has 2 heterocycles. The minimum absolute atomic E-state index is 0.0450. The molecule has 4 nitrogen and oxygen atoms in total. The number of nitrogens with zero attached hydrogens (tertiary/aromatic N) is 1. The Kier molecular flexibility index (Phi) is 6.17. The van der Waals surface area contributed by atoms with Crippen LogP contribution in [0.15, 0.2) is 78.2 Å². The molecule has 1 amide bonds. The second-order valence-corrected chi connectivity index (χ2v) is 7.79. The molecule has 3 aromatic rings. The average molecular weight is 393 g/mol. The van der Waals surface area contributed by atoms with Gasteiger partial charge in [-0.2, -0.15) is 0 Å². The summed E-state index contributed by atoms with van der Waals surface area (Å²) in [6, 6.07) is 24.0. The van der Waals surface area contributed by atoms with Crippen molar-refractivity contribution in [1.82, 2.24) is 10.2 Å². The van der Waals surface area contributed by atoms with E-state index in [1.54, 1.807) is 11.3 Å². The van der Waals surface area contributed by atoms with Crippen molar-refractivity contribution in [3.05, 3.63) is 94.2 Å². The van der Waals surface area contributed by atoms with E-state index in [4.69, 9.17) is 4.74 Å². The molecule has 2 atom stereocenters. The van der Waals surface area contributed by atoms with E-state index in [0.29, 0.717) is 26.3 Å². The van der Waals surface area contributed by atoms with Crippen molar-refractivity contribution < 1.29 is 9.53 Å². The first-order valence-corrected chi connectivity index (χ1v) is 10.5. The number of hydrogen-bond acceptors (Lipinski definition) is 4. The molecule has 0 spiro atoms. The topological polar surface area (TPSA) is 41.6 Å². The van der Waals surface area contributed by atoms with E-state index < -0.39 is 6.04 Å². The number of morpholine rings is 1. The fourth-order valence-electron chi connectivity index (χ4n) is 3.53. The van der Waals surface area contributed by atoms with Gasteiger partial charge in [0.1, 0.15) is 6.04 Å². The molecular formula is C23H24N2O2S. The normalized spacial score (nSPS) is 16.5. The molecule has 2 unspecified atom stereocenters. The highest BCUT2D eigenvalue weighted by Gasteiger charge is 2.30. The number of carbonyl (C=O) groups is 1. The minimum atomic E-state index is -0.411. The van der Waals surface area contributed by atoms with Crippen LogP contribution in [0.2, 0.25) is 0 Å². The lowest BCUT2D eigenvalue weighted by Gasteiger charge is -2.33. The SMILES string of the molecule is O=C(C(NC(c1ccccc1)c1cccs1)c1ccccc1)N1CCOCC1. The summed E-state index contributed by atoms with van der Waals surface area (Å²) in [4.78, 5) is 16.5. The number of benzene rings is 2. The molecule has 1 aliphatic heterocycles. The lowest BCUT2D eigenvalue weighted by Crippen LogP contribution is -2.47. The minimum Gasteiger partial charge on any atom is -0.378 e. The molecule has 4 rings (SSSR count). The number of amides is 1. The largest absolute Gasteiger partial charge is 0.378 e. The molecule has 0 aliphatic carbocycles. The van der Waals surface area contributed by atoms with Gasteiger partial charge in [0.15, 0.2) is 0 Å². The summed E-state index contributed by atoms with van der Waals surface area (Å²) in [5.41, 5.74) is 2.14. The fourth-order valence-corrected chi connectivity index (χ4v) is 4.34. The Hall–Kier alpha value is -2.47. The van der Waals surface area contributed by atoms with Gasteiger partial charge in [-0.15, -0.1) is 11.3 Å². The highest BCUT2D eigenvalue weighted by atomic mass is 32.1. The highest BCUT2D eigenvalue weighted by molar-refractivity contribution is 7.10. The van der Waals surface area contributed by atoms with Crippen molar-refractivity contribution >= 4 is 17.2 Å². The molecule has 1 N–H and O–H groups in total. The van der Waals surface area contributed by atoms with Crippen molar-refractivity contribution in [3.8, 4) is 0 Å². The van der Waals surface area contributed by atoms with Gasteiger partial charge in [-0.1, -0.05) is 66.7 Å². The van der Waals surface area contributed by atoms with E-state index in [9.17, 15) is 4.79 Å². The van der Waals surface area contributed by atoms with Gasteiger partial charge < -0.3 is 9.64 Å². The lowest BCUT2D eigenvalue weighted by atomic mass is 10.00. The summed E-state index contributed by atoms with van der Waals surface area (Å²) in [5, 5.41) is 5.74. The predicted molar refractivity (Wildman–Crippen MR) is 112 cm³/mol. The second kappa shape index (κ2) is 9.15. The van der Waals surface area contributed by atoms with E-state index >= 15 is 0 Å². The Morgan fingerprint density at radius 2 is 1.54 bits per heavy atom. The number of hydrogen-bond donors (Lipinski definition) is 1. The Morgan fingerprint density at radius 3 is 2.14 bits per heavy atom. The number of carbonyl (C=O) groups excluding carboxylic acids is 1. The summed E-state index contributed by atoms with van der Waals surface area (Å²) in [7, 11) is 0. The van der Waals surface area contributed by atoms with Crippen molar-refractivity contribution in [1.29, 1.82) is 0 Å². The lowest BCUT2D eigenvalue weighted by molar-refractivity contribution is -0.137. The zero-order chi connectivity index (χ0) is 19.2. The molecule has 1 aliphatic rings. The third-order valence-electron chi connectivity index (χ3n) is 5.00. The molecule has 0 saturated carbocycles. The summed E-state index contributed by atoms with van der Waals surface area (Å²) >= 11 is 1.70. The van der Waals surface area contributed by atoms with Crippen molar-refractivity contribution in [2.75, 3.05) is 26.3 Å². The van der Waals surface area contributed by atoms with Crippen LogP contribution in [-0.2, 0) is 9.53 Å². The van der Waals surface area contributed by atoms with Crippen molar-refractivity contribution in [2.45, 2.75) is 12.1 Å². The Labute approximate surface area is 169 Å². The van der Waals surface area contributed by atoms with Gasteiger partial charge in [-0.25, -0.2) is 0 Å². The van der Waals surface area contributed by atoms with Crippen LogP contribution in [0.1, 0.15) is 28.1 Å². The maximum absolute atomic E-state index is 13.4. The van der Waals surface area contributed by atoms with Crippen LogP contribution in [0, 0.1) is 0 Å². The van der Waals surface area contributed by atoms with E-state index in [0.717, 1.165) is 11.1 Å². The standard InChI is InChI=1S/C23H24N2O2S/c26-23(25-13-15-27-16-14-25)22(19-10-5-2-6-11-19)24-21(20-12-7-17-28-20)18-8-3-1-4-9-18/h1-12,17,21-22,24H,13-16H2. The van der Waals surface area contributed by atoms with Crippen LogP contribution in [0.4, 0.5) is 0 Å². The monoisotopic (exact) mass is 392 g/mol. The molecule has 1 fully saturated rings. The third kappa shape index (κ3) is 4.33. The van der Waals surface area contributed by atoms with Crippen LogP contribution in [0.25, 0.3) is 0 Å². The first kappa shape index (κ1) is 18.9. The molecule has 1 saturated heterocycles. The third-order valence-corrected chi connectivity index (χ3v) is 5.93. The molecule has 5 heteroatoms. The molecular weight excluding hydrogens is 368 g/mol. The quantitative estimate of drug-likeness (QED) is 0.689. The Bertz CT molecular complexity index is 862. The molecule has 1 aromatic heterocycles. The van der Waals surface area contributed by atoms with E-state index in [2.05, 4.69) is 35.0 Å². The van der Waals surface area contributed by atoms with E-state index in [1.165, 1.54) is 4.88 Å². The first-order valence-electron chi connectivity index (χ1n) is 9.59. The van der Waals surface area contributed by atoms with E-state index in [-0.39, 0.29) is 11.9 Å². The Balaban J connectivity index is 1.67. The van der Waals surface area contributed by atoms with Crippen LogP contribution in [-0.4, -0.2) is 37.1 Å². The van der Waals surface area contributed by atoms with Crippen LogP contribution < -0.4 is 5.32 Å². The molecule has 28 heavy (non-hydrogen) atoms. The average Bonchev–Trinajstić information content (AvgIpc) is 3.30. The van der Waals surface area contributed by atoms with Crippen LogP contribution >= 0.6 is 11.3 Å². The summed E-state index contributed by atoms with van der Waals surface area (Å²) in [5.74, 6) is 0.104. The Morgan fingerprint density at radius 1 is 0.893 bits per heavy atom. The number of thiophene rings is 1. The molecule has 0 radical (unpaired) electrons. The first-order chi connectivity index (χ1) is 13.8. The summed E-state index contributed by atoms with van der Waals surface area (Å²) < 4.78 is 5.43. The highest BCUT2D eigenvalue weighted by Crippen LogP contribution is 2.30. The smallest absolute Gasteiger partial charge is 0.244 e. The summed E-state index contributed by atoms with van der Waals surface area (Å²) in [6.45, 7) is 2.47. The number of nitrogens with one attached hydrogen (secondary N) is 1. The zero-order valence-electron chi connectivity index (χ0n) is 15.7. The maximum atomic E-state index is 13.4. The number of ether oxygens (including phenoxy) is 1. The van der Waals surface area contributed by atoms with Gasteiger partial charge in [0.2, 0.25) is 5.91 Å². The molecule has 144 valence electrons. The van der Waals surface area contributed by atoms with Gasteiger partial charge in [0.25, 0.3) is 0 Å². The van der Waals surface area contributed by atoms with Crippen molar-refractivity contribution in [2.24, 2.45) is 0 Å². The number of rotatable bonds is 6. The van der Waals surface area contributed by atoms with Crippen molar-refractivity contribution in [3.63, 3.8) is 0 Å². The van der Waals surface area contributed by atoms with Crippen LogP contribution in [0.5, 0.6) is 0 Å². The zero-order valence-corrected chi connectivity index (χ0v) is 16.5. The van der Waals surface area contributed by atoms with Gasteiger partial charge in [0.05, 0.1) is 19.3 Å². The van der Waals surface area contributed by atoms with E-state index in [1.807, 2.05) is 53.4 Å². The predicted octanol–water partition coefficient (Wildman–Crippen LogP) is 4.03. The molecule has 0 bridgehead atoms. The molecule has 2 aromatic carbocycles. The van der Waals surface area contributed by atoms with Gasteiger partial charge in [0, 0.05) is 18.0 Å².